The van der Waals surface area contributed by atoms with Gasteiger partial charge in [0.2, 0.25) is 0 Å². The number of halogens is 1. The Balaban J connectivity index is 1.96. The number of rotatable bonds is 5. The minimum Gasteiger partial charge on any atom is -0.330 e. The van der Waals surface area contributed by atoms with E-state index in [1.165, 1.54) is 42.1 Å². The number of hydrogen-bond donors (Lipinski definition) is 1. The normalized spacial score (nSPS) is 18.7. The standard InChI is InChI=1S/C16H25BrN2/c1-19(11-14-7-3-4-8-15(14)17)13-16(12-18)9-5-2-6-10-16/h3-4,7-8H,2,5-6,9-13,18H2,1H3. The molecule has 0 amide bonds. The monoisotopic (exact) mass is 324 g/mol. The molecule has 0 heterocycles. The van der Waals surface area contributed by atoms with Crippen LogP contribution in [0.4, 0.5) is 0 Å². The SMILES string of the molecule is CN(Cc1ccccc1Br)CC1(CN)CCCCC1. The Bertz CT molecular complexity index is 399. The van der Waals surface area contributed by atoms with Gasteiger partial charge in [0.25, 0.3) is 0 Å². The van der Waals surface area contributed by atoms with Crippen LogP contribution in [0.5, 0.6) is 0 Å². The van der Waals surface area contributed by atoms with Crippen LogP contribution in [-0.2, 0) is 6.54 Å². The van der Waals surface area contributed by atoms with Gasteiger partial charge in [-0.05, 0) is 43.5 Å². The summed E-state index contributed by atoms with van der Waals surface area (Å²) in [6.07, 6.45) is 6.67. The van der Waals surface area contributed by atoms with Gasteiger partial charge in [0.1, 0.15) is 0 Å². The maximum Gasteiger partial charge on any atom is 0.0242 e. The smallest absolute Gasteiger partial charge is 0.0242 e. The summed E-state index contributed by atoms with van der Waals surface area (Å²) in [4.78, 5) is 2.43. The molecule has 0 aliphatic heterocycles. The first-order valence-corrected chi connectivity index (χ1v) is 8.07. The second-order valence-corrected chi connectivity index (χ2v) is 6.88. The fourth-order valence-electron chi connectivity index (χ4n) is 3.27. The number of nitrogens with zero attached hydrogens (tertiary/aromatic N) is 1. The number of benzene rings is 1. The van der Waals surface area contributed by atoms with Crippen LogP contribution < -0.4 is 5.73 Å². The molecule has 1 saturated carbocycles. The lowest BCUT2D eigenvalue weighted by Gasteiger charge is -2.39. The Kier molecular flexibility index (Phi) is 5.43. The first kappa shape index (κ1) is 15.0. The van der Waals surface area contributed by atoms with Gasteiger partial charge in [-0.1, -0.05) is 53.4 Å². The third kappa shape index (κ3) is 4.04. The Morgan fingerprint density at radius 3 is 2.53 bits per heavy atom. The first-order valence-electron chi connectivity index (χ1n) is 7.27. The summed E-state index contributed by atoms with van der Waals surface area (Å²) in [6, 6.07) is 8.47. The number of nitrogens with two attached hydrogens (primary N) is 1. The second-order valence-electron chi connectivity index (χ2n) is 6.03. The highest BCUT2D eigenvalue weighted by molar-refractivity contribution is 9.10. The van der Waals surface area contributed by atoms with Gasteiger partial charge in [0, 0.05) is 17.6 Å². The van der Waals surface area contributed by atoms with E-state index >= 15 is 0 Å². The molecule has 2 N–H and O–H groups in total. The molecule has 3 heteroatoms. The van der Waals surface area contributed by atoms with E-state index in [4.69, 9.17) is 5.73 Å². The van der Waals surface area contributed by atoms with E-state index in [0.717, 1.165) is 19.6 Å². The first-order chi connectivity index (χ1) is 9.15. The Morgan fingerprint density at radius 2 is 1.89 bits per heavy atom. The van der Waals surface area contributed by atoms with Crippen LogP contribution >= 0.6 is 15.9 Å². The zero-order valence-corrected chi connectivity index (χ0v) is 13.5. The lowest BCUT2D eigenvalue weighted by Crippen LogP contribution is -2.42. The van der Waals surface area contributed by atoms with Crippen molar-refractivity contribution in [1.29, 1.82) is 0 Å². The lowest BCUT2D eigenvalue weighted by molar-refractivity contribution is 0.124. The van der Waals surface area contributed by atoms with Gasteiger partial charge in [-0.3, -0.25) is 0 Å². The summed E-state index contributed by atoms with van der Waals surface area (Å²) in [7, 11) is 2.21. The largest absolute Gasteiger partial charge is 0.330 e. The van der Waals surface area contributed by atoms with Crippen LogP contribution in [0, 0.1) is 5.41 Å². The van der Waals surface area contributed by atoms with Crippen LogP contribution in [0.25, 0.3) is 0 Å². The Hall–Kier alpha value is -0.380. The van der Waals surface area contributed by atoms with E-state index in [0.29, 0.717) is 5.41 Å². The van der Waals surface area contributed by atoms with Crippen molar-refractivity contribution in [2.24, 2.45) is 11.1 Å². The van der Waals surface area contributed by atoms with Crippen molar-refractivity contribution < 1.29 is 0 Å². The predicted molar refractivity (Wildman–Crippen MR) is 85.0 cm³/mol. The molecule has 1 aliphatic rings. The third-order valence-corrected chi connectivity index (χ3v) is 5.12. The van der Waals surface area contributed by atoms with Gasteiger partial charge < -0.3 is 10.6 Å². The molecule has 0 spiro atoms. The minimum absolute atomic E-state index is 0.355. The molecule has 19 heavy (non-hydrogen) atoms. The molecule has 1 fully saturated rings. The highest BCUT2D eigenvalue weighted by Gasteiger charge is 2.31. The molecule has 106 valence electrons. The molecule has 1 aromatic rings. The molecular formula is C16H25BrN2. The molecule has 0 saturated heterocycles. The van der Waals surface area contributed by atoms with Gasteiger partial charge in [-0.15, -0.1) is 0 Å². The van der Waals surface area contributed by atoms with E-state index in [1.807, 2.05) is 0 Å². The highest BCUT2D eigenvalue weighted by Crippen LogP contribution is 2.36. The molecule has 0 radical (unpaired) electrons. The maximum atomic E-state index is 6.07. The van der Waals surface area contributed by atoms with Crippen molar-refractivity contribution in [3.8, 4) is 0 Å². The molecule has 0 bridgehead atoms. The van der Waals surface area contributed by atoms with Crippen molar-refractivity contribution in [2.45, 2.75) is 38.6 Å². The van der Waals surface area contributed by atoms with Crippen LogP contribution in [0.15, 0.2) is 28.7 Å². The number of hydrogen-bond acceptors (Lipinski definition) is 2. The molecule has 0 aromatic heterocycles. The molecule has 2 rings (SSSR count). The summed E-state index contributed by atoms with van der Waals surface area (Å²) in [5.74, 6) is 0. The van der Waals surface area contributed by atoms with Crippen LogP contribution in [-0.4, -0.2) is 25.0 Å². The topological polar surface area (TPSA) is 29.3 Å². The van der Waals surface area contributed by atoms with Crippen molar-refractivity contribution >= 4 is 15.9 Å². The van der Waals surface area contributed by atoms with Crippen molar-refractivity contribution in [3.63, 3.8) is 0 Å². The van der Waals surface area contributed by atoms with Crippen LogP contribution in [0.1, 0.15) is 37.7 Å². The summed E-state index contributed by atoms with van der Waals surface area (Å²) in [5, 5.41) is 0. The Labute approximate surface area is 125 Å². The Morgan fingerprint density at radius 1 is 1.21 bits per heavy atom. The highest BCUT2D eigenvalue weighted by atomic mass is 79.9. The van der Waals surface area contributed by atoms with E-state index in [-0.39, 0.29) is 0 Å². The van der Waals surface area contributed by atoms with Gasteiger partial charge in [0.15, 0.2) is 0 Å². The molecule has 0 unspecified atom stereocenters. The average Bonchev–Trinajstić information content (AvgIpc) is 2.42. The summed E-state index contributed by atoms with van der Waals surface area (Å²) >= 11 is 3.63. The van der Waals surface area contributed by atoms with Crippen molar-refractivity contribution in [3.05, 3.63) is 34.3 Å². The molecule has 2 nitrogen and oxygen atoms in total. The van der Waals surface area contributed by atoms with Gasteiger partial charge in [-0.25, -0.2) is 0 Å². The summed E-state index contributed by atoms with van der Waals surface area (Å²) < 4.78 is 1.20. The maximum absolute atomic E-state index is 6.07. The zero-order valence-electron chi connectivity index (χ0n) is 11.9. The minimum atomic E-state index is 0.355. The fraction of sp³-hybridized carbons (Fsp3) is 0.625. The zero-order chi connectivity index (χ0) is 13.7. The lowest BCUT2D eigenvalue weighted by atomic mass is 9.73. The molecule has 1 aliphatic carbocycles. The summed E-state index contributed by atoms with van der Waals surface area (Å²) in [5.41, 5.74) is 7.78. The van der Waals surface area contributed by atoms with Gasteiger partial charge in [0.05, 0.1) is 0 Å². The second kappa shape index (κ2) is 6.87. The van der Waals surface area contributed by atoms with Crippen LogP contribution in [0.2, 0.25) is 0 Å². The quantitative estimate of drug-likeness (QED) is 0.892. The van der Waals surface area contributed by atoms with Gasteiger partial charge in [-0.2, -0.15) is 0 Å². The third-order valence-electron chi connectivity index (χ3n) is 4.35. The molecule has 1 aromatic carbocycles. The van der Waals surface area contributed by atoms with Gasteiger partial charge >= 0.3 is 0 Å². The fourth-order valence-corrected chi connectivity index (χ4v) is 3.68. The molecular weight excluding hydrogens is 300 g/mol. The van der Waals surface area contributed by atoms with Crippen molar-refractivity contribution in [2.75, 3.05) is 20.1 Å². The van der Waals surface area contributed by atoms with E-state index in [9.17, 15) is 0 Å². The van der Waals surface area contributed by atoms with E-state index in [1.54, 1.807) is 0 Å². The summed E-state index contributed by atoms with van der Waals surface area (Å²) in [6.45, 7) is 2.93. The average molecular weight is 325 g/mol. The predicted octanol–water partition coefficient (Wildman–Crippen LogP) is 3.79. The van der Waals surface area contributed by atoms with Crippen molar-refractivity contribution in [1.82, 2.24) is 4.90 Å². The molecule has 0 atom stereocenters. The van der Waals surface area contributed by atoms with Crippen LogP contribution in [0.3, 0.4) is 0 Å². The van der Waals surface area contributed by atoms with E-state index in [2.05, 4.69) is 52.1 Å². The van der Waals surface area contributed by atoms with E-state index < -0.39 is 0 Å².